The lowest BCUT2D eigenvalue weighted by Gasteiger charge is -2.10. The lowest BCUT2D eigenvalue weighted by Crippen LogP contribution is -2.15. The molecule has 72 valence electrons. The second kappa shape index (κ2) is 3.81. The smallest absolute Gasteiger partial charge is 0.132 e. The van der Waals surface area contributed by atoms with Gasteiger partial charge in [0, 0.05) is 6.54 Å². The summed E-state index contributed by atoms with van der Waals surface area (Å²) in [4.78, 5) is 0. The first-order valence-corrected chi connectivity index (χ1v) is 3.90. The van der Waals surface area contributed by atoms with E-state index in [0.29, 0.717) is 5.56 Å². The van der Waals surface area contributed by atoms with E-state index in [1.807, 2.05) is 0 Å². The van der Waals surface area contributed by atoms with Crippen LogP contribution in [-0.2, 0) is 0 Å². The minimum absolute atomic E-state index is 0.198. The molecule has 0 aliphatic rings. The largest absolute Gasteiger partial charge is 0.387 e. The summed E-state index contributed by atoms with van der Waals surface area (Å²) < 4.78 is 26.2. The molecule has 0 saturated heterocycles. The Hall–Kier alpha value is -1.00. The molecule has 2 nitrogen and oxygen atoms in total. The van der Waals surface area contributed by atoms with E-state index < -0.39 is 17.7 Å². The molecule has 13 heavy (non-hydrogen) atoms. The molecular weight excluding hydrogens is 176 g/mol. The third kappa shape index (κ3) is 2.02. The molecule has 0 unspecified atom stereocenters. The number of halogens is 2. The van der Waals surface area contributed by atoms with Crippen molar-refractivity contribution in [3.05, 3.63) is 34.9 Å². The summed E-state index contributed by atoms with van der Waals surface area (Å²) in [6, 6.07) is 2.33. The van der Waals surface area contributed by atoms with Crippen molar-refractivity contribution in [3.63, 3.8) is 0 Å². The van der Waals surface area contributed by atoms with Crippen molar-refractivity contribution in [2.45, 2.75) is 13.0 Å². The maximum Gasteiger partial charge on any atom is 0.132 e. The molecule has 1 rings (SSSR count). The van der Waals surface area contributed by atoms with E-state index in [1.54, 1.807) is 6.92 Å². The number of aliphatic hydroxyl groups excluding tert-OH is 1. The Morgan fingerprint density at radius 1 is 1.38 bits per heavy atom. The summed E-state index contributed by atoms with van der Waals surface area (Å²) in [5.41, 5.74) is 5.22. The van der Waals surface area contributed by atoms with E-state index in [9.17, 15) is 13.9 Å². The predicted octanol–water partition coefficient (Wildman–Crippen LogP) is 1.27. The van der Waals surface area contributed by atoms with Crippen LogP contribution in [0.1, 0.15) is 17.2 Å². The average Bonchev–Trinajstić information content (AvgIpc) is 2.02. The quantitative estimate of drug-likeness (QED) is 0.732. The van der Waals surface area contributed by atoms with Gasteiger partial charge in [-0.1, -0.05) is 0 Å². The first-order chi connectivity index (χ1) is 6.06. The van der Waals surface area contributed by atoms with E-state index in [4.69, 9.17) is 5.73 Å². The van der Waals surface area contributed by atoms with Crippen molar-refractivity contribution in [1.82, 2.24) is 0 Å². The average molecular weight is 187 g/mol. The molecule has 0 heterocycles. The fourth-order valence-corrected chi connectivity index (χ4v) is 1.15. The highest BCUT2D eigenvalue weighted by atomic mass is 19.1. The normalized spacial score (nSPS) is 13.0. The Morgan fingerprint density at radius 2 is 1.85 bits per heavy atom. The Kier molecular flexibility index (Phi) is 2.95. The molecule has 0 spiro atoms. The molecule has 0 amide bonds. The van der Waals surface area contributed by atoms with Gasteiger partial charge in [0.25, 0.3) is 0 Å². The number of hydrogen-bond acceptors (Lipinski definition) is 2. The number of benzene rings is 1. The topological polar surface area (TPSA) is 46.2 Å². The molecule has 0 aromatic heterocycles. The summed E-state index contributed by atoms with van der Waals surface area (Å²) in [6.07, 6.45) is -1.28. The van der Waals surface area contributed by atoms with Gasteiger partial charge >= 0.3 is 0 Å². The van der Waals surface area contributed by atoms with Crippen LogP contribution in [0.2, 0.25) is 0 Å². The second-order valence-corrected chi connectivity index (χ2v) is 2.89. The number of aryl methyl sites for hydroxylation is 1. The third-order valence-corrected chi connectivity index (χ3v) is 1.78. The first kappa shape index (κ1) is 10.1. The van der Waals surface area contributed by atoms with Crippen LogP contribution >= 0.6 is 0 Å². The van der Waals surface area contributed by atoms with Gasteiger partial charge < -0.3 is 10.8 Å². The highest BCUT2D eigenvalue weighted by molar-refractivity contribution is 5.27. The first-order valence-electron chi connectivity index (χ1n) is 3.90. The van der Waals surface area contributed by atoms with Crippen molar-refractivity contribution < 1.29 is 13.9 Å². The maximum absolute atomic E-state index is 13.1. The fourth-order valence-electron chi connectivity index (χ4n) is 1.15. The van der Waals surface area contributed by atoms with Crippen molar-refractivity contribution in [2.24, 2.45) is 5.73 Å². The van der Waals surface area contributed by atoms with Crippen LogP contribution in [0.25, 0.3) is 0 Å². The van der Waals surface area contributed by atoms with Crippen LogP contribution in [0, 0.1) is 18.6 Å². The molecule has 0 saturated carbocycles. The summed E-state index contributed by atoms with van der Waals surface area (Å²) in [7, 11) is 0. The second-order valence-electron chi connectivity index (χ2n) is 2.89. The summed E-state index contributed by atoms with van der Waals surface area (Å²) >= 11 is 0. The minimum atomic E-state index is -1.28. The Bertz CT molecular complexity index is 291. The van der Waals surface area contributed by atoms with E-state index in [2.05, 4.69) is 0 Å². The van der Waals surface area contributed by atoms with Gasteiger partial charge in [-0.25, -0.2) is 8.78 Å². The van der Waals surface area contributed by atoms with Crippen LogP contribution in [0.4, 0.5) is 8.78 Å². The molecule has 1 aromatic rings. The van der Waals surface area contributed by atoms with E-state index in [0.717, 1.165) is 12.1 Å². The molecule has 4 heteroatoms. The number of hydrogen-bond donors (Lipinski definition) is 2. The highest BCUT2D eigenvalue weighted by Gasteiger charge is 2.16. The van der Waals surface area contributed by atoms with Crippen LogP contribution < -0.4 is 5.73 Å². The Labute approximate surface area is 75.0 Å². The lowest BCUT2D eigenvalue weighted by molar-refractivity contribution is 0.176. The van der Waals surface area contributed by atoms with Gasteiger partial charge in [0.15, 0.2) is 0 Å². The SMILES string of the molecule is Cc1cc(F)c([C@H](O)CN)c(F)c1. The van der Waals surface area contributed by atoms with E-state index in [-0.39, 0.29) is 12.1 Å². The molecule has 0 bridgehead atoms. The van der Waals surface area contributed by atoms with Gasteiger partial charge in [-0.15, -0.1) is 0 Å². The zero-order valence-electron chi connectivity index (χ0n) is 7.22. The summed E-state index contributed by atoms with van der Waals surface area (Å²) in [6.45, 7) is 1.38. The molecular formula is C9H11F2NO. The number of rotatable bonds is 2. The number of nitrogens with two attached hydrogens (primary N) is 1. The lowest BCUT2D eigenvalue weighted by atomic mass is 10.1. The van der Waals surface area contributed by atoms with Crippen LogP contribution in [0.5, 0.6) is 0 Å². The summed E-state index contributed by atoms with van der Waals surface area (Å²) in [5, 5.41) is 9.18. The molecule has 0 aliphatic carbocycles. The van der Waals surface area contributed by atoms with E-state index >= 15 is 0 Å². The molecule has 0 radical (unpaired) electrons. The van der Waals surface area contributed by atoms with Crippen LogP contribution in [0.15, 0.2) is 12.1 Å². The number of aliphatic hydroxyl groups is 1. The third-order valence-electron chi connectivity index (χ3n) is 1.78. The van der Waals surface area contributed by atoms with Gasteiger partial charge in [-0.3, -0.25) is 0 Å². The van der Waals surface area contributed by atoms with Crippen molar-refractivity contribution in [3.8, 4) is 0 Å². The summed E-state index contributed by atoms with van der Waals surface area (Å²) in [5.74, 6) is -1.51. The van der Waals surface area contributed by atoms with Gasteiger partial charge in [-0.05, 0) is 24.6 Å². The predicted molar refractivity (Wildman–Crippen MR) is 45.1 cm³/mol. The van der Waals surface area contributed by atoms with Crippen molar-refractivity contribution in [1.29, 1.82) is 0 Å². The maximum atomic E-state index is 13.1. The monoisotopic (exact) mass is 187 g/mol. The van der Waals surface area contributed by atoms with Gasteiger partial charge in [0.05, 0.1) is 11.7 Å². The van der Waals surface area contributed by atoms with Crippen LogP contribution in [0.3, 0.4) is 0 Å². The molecule has 1 aromatic carbocycles. The minimum Gasteiger partial charge on any atom is -0.387 e. The van der Waals surface area contributed by atoms with Gasteiger partial charge in [0.1, 0.15) is 11.6 Å². The Morgan fingerprint density at radius 3 is 2.23 bits per heavy atom. The van der Waals surface area contributed by atoms with Crippen molar-refractivity contribution in [2.75, 3.05) is 6.54 Å². The van der Waals surface area contributed by atoms with Gasteiger partial charge in [0.2, 0.25) is 0 Å². The van der Waals surface area contributed by atoms with E-state index in [1.165, 1.54) is 0 Å². The standard InChI is InChI=1S/C9H11F2NO/c1-5-2-6(10)9(7(11)3-5)8(13)4-12/h2-3,8,13H,4,12H2,1H3/t8-/m1/s1. The Balaban J connectivity index is 3.20. The molecule has 3 N–H and O–H groups in total. The molecule has 0 fully saturated rings. The van der Waals surface area contributed by atoms with Gasteiger partial charge in [-0.2, -0.15) is 0 Å². The zero-order valence-corrected chi connectivity index (χ0v) is 7.22. The zero-order chi connectivity index (χ0) is 10.0. The van der Waals surface area contributed by atoms with Crippen molar-refractivity contribution >= 4 is 0 Å². The fraction of sp³-hybridized carbons (Fsp3) is 0.333. The molecule has 0 aliphatic heterocycles. The molecule has 1 atom stereocenters. The van der Waals surface area contributed by atoms with Crippen LogP contribution in [-0.4, -0.2) is 11.7 Å². The highest BCUT2D eigenvalue weighted by Crippen LogP contribution is 2.21.